The fraction of sp³-hybridized carbons (Fsp3) is 1.00. The van der Waals surface area contributed by atoms with Crippen LogP contribution in [-0.4, -0.2) is 20.8 Å². The van der Waals surface area contributed by atoms with Crippen molar-refractivity contribution in [2.24, 2.45) is 0 Å². The first-order chi connectivity index (χ1) is 3.56. The van der Waals surface area contributed by atoms with E-state index in [-0.39, 0.29) is 6.16 Å². The maximum absolute atomic E-state index is 8.37. The zero-order chi connectivity index (χ0) is 6.62. The quantitative estimate of drug-likeness (QED) is 0.499. The highest BCUT2D eigenvalue weighted by molar-refractivity contribution is 7.58. The number of hydrogen-bond donors (Lipinski definition) is 3. The molecule has 0 aromatic heterocycles. The van der Waals surface area contributed by atoms with E-state index in [9.17, 15) is 0 Å². The van der Waals surface area contributed by atoms with Crippen molar-refractivity contribution in [1.82, 2.24) is 0 Å². The largest absolute Gasteiger partial charge is 0.403 e. The van der Waals surface area contributed by atoms with Crippen LogP contribution in [0.15, 0.2) is 0 Å². The third kappa shape index (κ3) is 6.31. The molecule has 0 amide bonds. The van der Waals surface area contributed by atoms with E-state index in [2.05, 4.69) is 0 Å². The van der Waals surface area contributed by atoms with Gasteiger partial charge in [0.25, 0.3) is 0 Å². The lowest BCUT2D eigenvalue weighted by atomic mass is 10.4. The van der Waals surface area contributed by atoms with Gasteiger partial charge in [-0.3, -0.25) is 0 Å². The predicted molar refractivity (Wildman–Crippen MR) is 33.4 cm³/mol. The summed E-state index contributed by atoms with van der Waals surface area (Å²) in [5.41, 5.74) is 0. The Hall–Kier alpha value is 0.310. The van der Waals surface area contributed by atoms with E-state index in [0.29, 0.717) is 6.42 Å². The molecule has 0 aliphatic rings. The van der Waals surface area contributed by atoms with Gasteiger partial charge in [-0.2, -0.15) is 14.7 Å². The van der Waals surface area contributed by atoms with E-state index in [0.717, 1.165) is 6.42 Å². The van der Waals surface area contributed by atoms with Gasteiger partial charge in [-0.25, -0.2) is 0 Å². The number of hydrogen-bond acceptors (Lipinski definition) is 3. The molecular formula is C4H12O3P+. The molecule has 50 valence electrons. The van der Waals surface area contributed by atoms with Gasteiger partial charge in [-0.05, 0) is 6.42 Å². The normalized spacial score (nSPS) is 12.0. The van der Waals surface area contributed by atoms with Crippen LogP contribution >= 0.6 is 7.94 Å². The van der Waals surface area contributed by atoms with Gasteiger partial charge in [0.1, 0.15) is 6.16 Å². The minimum absolute atomic E-state index is 0.142. The Morgan fingerprint density at radius 2 is 1.75 bits per heavy atom. The van der Waals surface area contributed by atoms with Gasteiger partial charge in [0.2, 0.25) is 0 Å². The highest BCUT2D eigenvalue weighted by atomic mass is 31.2. The average molecular weight is 139 g/mol. The van der Waals surface area contributed by atoms with Gasteiger partial charge in [0, 0.05) is 0 Å². The molecule has 0 spiro atoms. The van der Waals surface area contributed by atoms with Crippen LogP contribution in [0.5, 0.6) is 0 Å². The molecule has 0 saturated heterocycles. The summed E-state index contributed by atoms with van der Waals surface area (Å²) in [4.78, 5) is 25.1. The molecule has 4 heteroatoms. The van der Waals surface area contributed by atoms with E-state index < -0.39 is 7.94 Å². The summed E-state index contributed by atoms with van der Waals surface area (Å²) >= 11 is 0. The van der Waals surface area contributed by atoms with Gasteiger partial charge < -0.3 is 0 Å². The molecule has 0 aromatic carbocycles. The molecule has 0 unspecified atom stereocenters. The zero-order valence-corrected chi connectivity index (χ0v) is 5.80. The number of unbranched alkanes of at least 4 members (excludes halogenated alkanes) is 1. The summed E-state index contributed by atoms with van der Waals surface area (Å²) in [6.45, 7) is 1.93. The molecule has 0 bridgehead atoms. The van der Waals surface area contributed by atoms with E-state index in [1.807, 2.05) is 6.92 Å². The zero-order valence-electron chi connectivity index (χ0n) is 4.91. The van der Waals surface area contributed by atoms with E-state index in [1.165, 1.54) is 0 Å². The molecule has 0 saturated carbocycles. The van der Waals surface area contributed by atoms with E-state index in [1.54, 1.807) is 0 Å². The van der Waals surface area contributed by atoms with Gasteiger partial charge in [0.05, 0.1) is 0 Å². The Morgan fingerprint density at radius 1 is 1.25 bits per heavy atom. The molecule has 0 aliphatic carbocycles. The molecule has 0 aliphatic heterocycles. The SMILES string of the molecule is CCCC[P+](O)(O)O. The van der Waals surface area contributed by atoms with Gasteiger partial charge in [-0.1, -0.05) is 13.3 Å². The van der Waals surface area contributed by atoms with Crippen LogP contribution in [0.2, 0.25) is 0 Å². The molecule has 0 radical (unpaired) electrons. The second-order valence-corrected chi connectivity index (χ2v) is 3.60. The minimum atomic E-state index is -3.43. The van der Waals surface area contributed by atoms with Crippen LogP contribution in [0.3, 0.4) is 0 Å². The fourth-order valence-corrected chi connectivity index (χ4v) is 1.11. The third-order valence-electron chi connectivity index (χ3n) is 0.812. The van der Waals surface area contributed by atoms with Crippen molar-refractivity contribution < 1.29 is 14.7 Å². The Morgan fingerprint density at radius 3 is 1.88 bits per heavy atom. The second-order valence-electron chi connectivity index (χ2n) is 1.77. The standard InChI is InChI=1S/C4H12O3P/c1-2-3-4-8(5,6)7/h5-7H,2-4H2,1H3/q+1. The van der Waals surface area contributed by atoms with Gasteiger partial charge >= 0.3 is 7.94 Å². The first kappa shape index (κ1) is 8.31. The Labute approximate surface area is 49.6 Å². The summed E-state index contributed by atoms with van der Waals surface area (Å²) in [6.07, 6.45) is 1.70. The maximum Gasteiger partial charge on any atom is 0.403 e. The fourth-order valence-electron chi connectivity index (χ4n) is 0.370. The van der Waals surface area contributed by atoms with Crippen molar-refractivity contribution in [3.8, 4) is 0 Å². The maximum atomic E-state index is 8.37. The monoisotopic (exact) mass is 139 g/mol. The second kappa shape index (κ2) is 3.36. The van der Waals surface area contributed by atoms with Crippen molar-refractivity contribution in [2.45, 2.75) is 19.8 Å². The lowest BCUT2D eigenvalue weighted by molar-refractivity contribution is 0.329. The molecule has 0 rings (SSSR count). The van der Waals surface area contributed by atoms with Crippen molar-refractivity contribution in [3.63, 3.8) is 0 Å². The van der Waals surface area contributed by atoms with Crippen LogP contribution in [0, 0.1) is 0 Å². The van der Waals surface area contributed by atoms with Crippen LogP contribution in [0.1, 0.15) is 19.8 Å². The summed E-state index contributed by atoms with van der Waals surface area (Å²) in [5.74, 6) is 0. The van der Waals surface area contributed by atoms with Crippen LogP contribution in [-0.2, 0) is 0 Å². The van der Waals surface area contributed by atoms with E-state index in [4.69, 9.17) is 14.7 Å². The lowest BCUT2D eigenvalue weighted by Gasteiger charge is -2.00. The predicted octanol–water partition coefficient (Wildman–Crippen LogP) is 0.526. The van der Waals surface area contributed by atoms with Crippen LogP contribution in [0.4, 0.5) is 0 Å². The molecule has 0 aromatic rings. The van der Waals surface area contributed by atoms with E-state index >= 15 is 0 Å². The molecular weight excluding hydrogens is 127 g/mol. The van der Waals surface area contributed by atoms with Gasteiger partial charge in [0.15, 0.2) is 0 Å². The van der Waals surface area contributed by atoms with Gasteiger partial charge in [-0.15, -0.1) is 0 Å². The van der Waals surface area contributed by atoms with Crippen LogP contribution in [0.25, 0.3) is 0 Å². The molecule has 8 heavy (non-hydrogen) atoms. The Balaban J connectivity index is 3.11. The van der Waals surface area contributed by atoms with Crippen molar-refractivity contribution in [2.75, 3.05) is 6.16 Å². The highest BCUT2D eigenvalue weighted by Crippen LogP contribution is 2.44. The first-order valence-electron chi connectivity index (χ1n) is 2.62. The lowest BCUT2D eigenvalue weighted by Crippen LogP contribution is -1.93. The smallest absolute Gasteiger partial charge is 0.193 e. The molecule has 0 atom stereocenters. The summed E-state index contributed by atoms with van der Waals surface area (Å²) in [6, 6.07) is 0. The topological polar surface area (TPSA) is 60.7 Å². The summed E-state index contributed by atoms with van der Waals surface area (Å²) in [7, 11) is -3.43. The molecule has 0 heterocycles. The van der Waals surface area contributed by atoms with Crippen molar-refractivity contribution in [1.29, 1.82) is 0 Å². The third-order valence-corrected chi connectivity index (χ3v) is 1.73. The average Bonchev–Trinajstić information content (AvgIpc) is 1.59. The first-order valence-corrected chi connectivity index (χ1v) is 4.46. The van der Waals surface area contributed by atoms with Crippen molar-refractivity contribution >= 4 is 7.94 Å². The minimum Gasteiger partial charge on any atom is -0.193 e. The highest BCUT2D eigenvalue weighted by Gasteiger charge is 2.27. The molecule has 3 nitrogen and oxygen atoms in total. The summed E-state index contributed by atoms with van der Waals surface area (Å²) < 4.78 is 0. The van der Waals surface area contributed by atoms with Crippen molar-refractivity contribution in [3.05, 3.63) is 0 Å². The summed E-state index contributed by atoms with van der Waals surface area (Å²) in [5, 5.41) is 0. The Bertz CT molecular complexity index is 58.8. The molecule has 3 N–H and O–H groups in total. The Kier molecular flexibility index (Phi) is 3.49. The van der Waals surface area contributed by atoms with Crippen LogP contribution < -0.4 is 0 Å². The number of rotatable bonds is 3. The molecule has 0 fully saturated rings.